The molecule has 0 amide bonds. The molecule has 0 aromatic heterocycles. The van der Waals surface area contributed by atoms with E-state index in [0.29, 0.717) is 19.3 Å². The van der Waals surface area contributed by atoms with E-state index in [4.69, 9.17) is 14.2 Å². The number of carbonyl (C=O) groups excluding carboxylic acids is 3. The van der Waals surface area contributed by atoms with Gasteiger partial charge in [-0.15, -0.1) is 0 Å². The van der Waals surface area contributed by atoms with Crippen LogP contribution >= 0.6 is 0 Å². The third-order valence-electron chi connectivity index (χ3n) is 10.6. The standard InChI is InChI=1S/C56H94O6/c1-4-7-10-13-16-19-22-25-27-28-29-32-34-37-40-43-46-49-55(58)61-52-53(51-60-54(57)48-45-42-39-36-33-30-24-21-18-15-12-9-6-3)62-56(59)50-47-44-41-38-35-31-26-23-20-17-14-11-8-5-2/h8,11,17,20,25,27,29-30,32-33,37,39-40,42,53H,4-7,9-10,12-16,18-19,21-24,26,28,31,34-36,38,41,43-52H2,1-3H3/b11-8+,20-17+,27-25+,32-29+,33-30+,40-37+,42-39+. The number of ether oxygens (including phenoxy) is 3. The van der Waals surface area contributed by atoms with E-state index in [1.165, 1.54) is 109 Å². The first-order valence-electron chi connectivity index (χ1n) is 25.6. The molecule has 1 unspecified atom stereocenters. The lowest BCUT2D eigenvalue weighted by Gasteiger charge is -2.18. The maximum atomic E-state index is 12.8. The first kappa shape index (κ1) is 58.6. The Morgan fingerprint density at radius 2 is 0.677 bits per heavy atom. The molecule has 0 aliphatic carbocycles. The van der Waals surface area contributed by atoms with Gasteiger partial charge in [-0.1, -0.05) is 202 Å². The Hall–Kier alpha value is -3.41. The minimum atomic E-state index is -0.823. The zero-order valence-electron chi connectivity index (χ0n) is 40.4. The predicted molar refractivity (Wildman–Crippen MR) is 265 cm³/mol. The number of esters is 3. The van der Waals surface area contributed by atoms with Gasteiger partial charge >= 0.3 is 17.9 Å². The van der Waals surface area contributed by atoms with E-state index >= 15 is 0 Å². The summed E-state index contributed by atoms with van der Waals surface area (Å²) in [6.07, 6.45) is 64.4. The van der Waals surface area contributed by atoms with Crippen molar-refractivity contribution in [2.24, 2.45) is 0 Å². The number of hydrogen-bond donors (Lipinski definition) is 0. The average molecular weight is 863 g/mol. The molecular formula is C56H94O6. The fourth-order valence-electron chi connectivity index (χ4n) is 6.78. The van der Waals surface area contributed by atoms with E-state index in [9.17, 15) is 14.4 Å². The molecule has 0 aliphatic heterocycles. The second-order valence-corrected chi connectivity index (χ2v) is 16.7. The quantitative estimate of drug-likeness (QED) is 0.0263. The van der Waals surface area contributed by atoms with Gasteiger partial charge in [0.25, 0.3) is 0 Å². The van der Waals surface area contributed by atoms with Crippen LogP contribution in [0.15, 0.2) is 85.1 Å². The molecule has 6 heteroatoms. The van der Waals surface area contributed by atoms with Gasteiger partial charge in [-0.2, -0.15) is 0 Å². The number of allylic oxidation sites excluding steroid dienone is 14. The van der Waals surface area contributed by atoms with Gasteiger partial charge in [0.2, 0.25) is 0 Å². The van der Waals surface area contributed by atoms with E-state index in [0.717, 1.165) is 70.6 Å². The van der Waals surface area contributed by atoms with Gasteiger partial charge in [0.15, 0.2) is 6.10 Å². The van der Waals surface area contributed by atoms with Gasteiger partial charge in [0.1, 0.15) is 13.2 Å². The molecule has 6 nitrogen and oxygen atoms in total. The first-order valence-corrected chi connectivity index (χ1v) is 25.6. The molecule has 0 aromatic rings. The zero-order chi connectivity index (χ0) is 45.1. The lowest BCUT2D eigenvalue weighted by Crippen LogP contribution is -2.30. The van der Waals surface area contributed by atoms with Crippen LogP contribution in [0.1, 0.15) is 233 Å². The van der Waals surface area contributed by atoms with Crippen molar-refractivity contribution in [3.8, 4) is 0 Å². The zero-order valence-corrected chi connectivity index (χ0v) is 40.4. The molecule has 1 atom stereocenters. The van der Waals surface area contributed by atoms with E-state index in [1.807, 2.05) is 6.08 Å². The molecule has 0 saturated carbocycles. The smallest absolute Gasteiger partial charge is 0.306 e. The van der Waals surface area contributed by atoms with Crippen molar-refractivity contribution < 1.29 is 28.6 Å². The Balaban J connectivity index is 4.53. The fourth-order valence-corrected chi connectivity index (χ4v) is 6.78. The molecule has 0 bridgehead atoms. The fraction of sp³-hybridized carbons (Fsp3) is 0.696. The molecule has 354 valence electrons. The maximum absolute atomic E-state index is 12.8. The maximum Gasteiger partial charge on any atom is 0.306 e. The number of carbonyl (C=O) groups is 3. The van der Waals surface area contributed by atoms with Crippen LogP contribution in [-0.2, 0) is 28.6 Å². The predicted octanol–water partition coefficient (Wildman–Crippen LogP) is 16.8. The Morgan fingerprint density at radius 1 is 0.339 bits per heavy atom. The summed E-state index contributed by atoms with van der Waals surface area (Å²) in [5.74, 6) is -1.05. The molecule has 0 heterocycles. The van der Waals surface area contributed by atoms with Crippen LogP contribution in [0, 0.1) is 0 Å². The first-order chi connectivity index (χ1) is 30.5. The lowest BCUT2D eigenvalue weighted by molar-refractivity contribution is -0.166. The molecule has 0 aromatic carbocycles. The molecule has 0 radical (unpaired) electrons. The van der Waals surface area contributed by atoms with Gasteiger partial charge in [0, 0.05) is 19.3 Å². The van der Waals surface area contributed by atoms with Crippen molar-refractivity contribution in [1.29, 1.82) is 0 Å². The molecule has 0 aliphatic rings. The number of rotatable bonds is 45. The Morgan fingerprint density at radius 3 is 1.13 bits per heavy atom. The molecule has 0 rings (SSSR count). The van der Waals surface area contributed by atoms with E-state index in [1.54, 1.807) is 0 Å². The van der Waals surface area contributed by atoms with Crippen molar-refractivity contribution in [2.45, 2.75) is 239 Å². The third kappa shape index (κ3) is 47.6. The van der Waals surface area contributed by atoms with Crippen LogP contribution in [0.2, 0.25) is 0 Å². The highest BCUT2D eigenvalue weighted by Gasteiger charge is 2.19. The summed E-state index contributed by atoms with van der Waals surface area (Å²) < 4.78 is 16.7. The van der Waals surface area contributed by atoms with Crippen LogP contribution in [0.5, 0.6) is 0 Å². The van der Waals surface area contributed by atoms with Gasteiger partial charge in [-0.05, 0) is 96.3 Å². The van der Waals surface area contributed by atoms with E-state index in [2.05, 4.69) is 99.8 Å². The highest BCUT2D eigenvalue weighted by Crippen LogP contribution is 2.13. The van der Waals surface area contributed by atoms with Crippen molar-refractivity contribution in [3.05, 3.63) is 85.1 Å². The summed E-state index contributed by atoms with van der Waals surface area (Å²) in [6, 6.07) is 0. The Bertz CT molecular complexity index is 1220. The summed E-state index contributed by atoms with van der Waals surface area (Å²) in [7, 11) is 0. The third-order valence-corrected chi connectivity index (χ3v) is 10.6. The molecule has 0 spiro atoms. The van der Waals surface area contributed by atoms with E-state index < -0.39 is 6.10 Å². The van der Waals surface area contributed by atoms with Gasteiger partial charge in [-0.3, -0.25) is 14.4 Å². The minimum absolute atomic E-state index is 0.124. The second kappa shape index (κ2) is 50.2. The molecule has 0 N–H and O–H groups in total. The van der Waals surface area contributed by atoms with Gasteiger partial charge in [0.05, 0.1) is 0 Å². The van der Waals surface area contributed by atoms with E-state index in [-0.39, 0.29) is 44.0 Å². The molecular weight excluding hydrogens is 769 g/mol. The van der Waals surface area contributed by atoms with Crippen molar-refractivity contribution >= 4 is 17.9 Å². The van der Waals surface area contributed by atoms with Crippen molar-refractivity contribution in [1.82, 2.24) is 0 Å². The molecule has 0 fully saturated rings. The van der Waals surface area contributed by atoms with Crippen molar-refractivity contribution in [2.75, 3.05) is 13.2 Å². The van der Waals surface area contributed by atoms with Crippen LogP contribution in [0.25, 0.3) is 0 Å². The molecule has 62 heavy (non-hydrogen) atoms. The topological polar surface area (TPSA) is 78.9 Å². The summed E-state index contributed by atoms with van der Waals surface area (Å²) in [6.45, 7) is 6.41. The monoisotopic (exact) mass is 863 g/mol. The van der Waals surface area contributed by atoms with Gasteiger partial charge in [-0.25, -0.2) is 0 Å². The molecule has 0 saturated heterocycles. The van der Waals surface area contributed by atoms with Gasteiger partial charge < -0.3 is 14.2 Å². The lowest BCUT2D eigenvalue weighted by atomic mass is 10.1. The SMILES string of the molecule is CC/C=C/C/C=C/CCCCCCCCCC(=O)OC(COC(=O)CC/C=C/C/C=C/CCCCCCCC)COC(=O)CCC/C=C/C/C=C/C/C=C/CCCCCCCC. The van der Waals surface area contributed by atoms with Crippen LogP contribution in [0.4, 0.5) is 0 Å². The van der Waals surface area contributed by atoms with Crippen molar-refractivity contribution in [3.63, 3.8) is 0 Å². The number of hydrogen-bond acceptors (Lipinski definition) is 6. The summed E-state index contributed by atoms with van der Waals surface area (Å²) in [5.41, 5.74) is 0. The highest BCUT2D eigenvalue weighted by atomic mass is 16.6. The summed E-state index contributed by atoms with van der Waals surface area (Å²) in [4.78, 5) is 37.9. The van der Waals surface area contributed by atoms with Crippen LogP contribution in [0.3, 0.4) is 0 Å². The normalized spacial score (nSPS) is 12.8. The summed E-state index contributed by atoms with van der Waals surface area (Å²) >= 11 is 0. The average Bonchev–Trinajstić information content (AvgIpc) is 3.27. The Kier molecular flexibility index (Phi) is 47.5. The summed E-state index contributed by atoms with van der Waals surface area (Å²) in [5, 5.41) is 0. The Labute approximate surface area is 382 Å². The minimum Gasteiger partial charge on any atom is -0.462 e. The highest BCUT2D eigenvalue weighted by molar-refractivity contribution is 5.71. The van der Waals surface area contributed by atoms with Crippen LogP contribution < -0.4 is 0 Å². The second-order valence-electron chi connectivity index (χ2n) is 16.7. The largest absolute Gasteiger partial charge is 0.462 e. The van der Waals surface area contributed by atoms with Crippen LogP contribution in [-0.4, -0.2) is 37.2 Å². The number of unbranched alkanes of at least 4 members (excludes halogenated alkanes) is 20.